The van der Waals surface area contributed by atoms with E-state index in [-0.39, 0.29) is 0 Å². The lowest BCUT2D eigenvalue weighted by Crippen LogP contribution is -1.93. The van der Waals surface area contributed by atoms with Crippen LogP contribution in [0.2, 0.25) is 0 Å². The quantitative estimate of drug-likeness (QED) is 0.594. The van der Waals surface area contributed by atoms with Gasteiger partial charge in [0.1, 0.15) is 0 Å². The molecule has 0 rings (SSSR count). The summed E-state index contributed by atoms with van der Waals surface area (Å²) < 4.78 is 0. The minimum absolute atomic E-state index is 0.508. The van der Waals surface area contributed by atoms with Crippen LogP contribution in [0.4, 0.5) is 0 Å². The zero-order chi connectivity index (χ0) is 9.72. The van der Waals surface area contributed by atoms with Crippen LogP contribution >= 0.6 is 23.2 Å². The van der Waals surface area contributed by atoms with Gasteiger partial charge in [-0.05, 0) is 17.9 Å². The van der Waals surface area contributed by atoms with Gasteiger partial charge >= 0.3 is 0 Å². The molecular formula is C10H14Cl2. The second-order valence-corrected chi connectivity index (χ2v) is 3.90. The van der Waals surface area contributed by atoms with Crippen molar-refractivity contribution < 1.29 is 0 Å². The van der Waals surface area contributed by atoms with E-state index in [1.165, 1.54) is 0 Å². The number of rotatable bonds is 4. The monoisotopic (exact) mass is 204 g/mol. The van der Waals surface area contributed by atoms with Gasteiger partial charge in [0.15, 0.2) is 0 Å². The van der Waals surface area contributed by atoms with Crippen LogP contribution in [0.1, 0.15) is 20.3 Å². The van der Waals surface area contributed by atoms with E-state index in [1.54, 1.807) is 6.08 Å². The van der Waals surface area contributed by atoms with Crippen molar-refractivity contribution in [2.45, 2.75) is 20.3 Å². The summed E-state index contributed by atoms with van der Waals surface area (Å²) >= 11 is 11.7. The van der Waals surface area contributed by atoms with E-state index in [0.29, 0.717) is 16.0 Å². The summed E-state index contributed by atoms with van der Waals surface area (Å²) in [6.45, 7) is 11.4. The Balaban J connectivity index is 4.66. The first-order valence-electron chi connectivity index (χ1n) is 3.84. The standard InChI is InChI=1S/C10H14Cl2/c1-5-10(12)9(8(4)11)6-7(2)3/h5,7H,1,4,6H2,2-3H3/b10-9+. The summed E-state index contributed by atoms with van der Waals surface area (Å²) in [5.74, 6) is 0.518. The maximum Gasteiger partial charge on any atom is 0.0446 e. The van der Waals surface area contributed by atoms with Crippen LogP contribution < -0.4 is 0 Å². The fraction of sp³-hybridized carbons (Fsp3) is 0.400. The van der Waals surface area contributed by atoms with E-state index in [1.807, 2.05) is 0 Å². The molecular weight excluding hydrogens is 191 g/mol. The number of allylic oxidation sites excluding steroid dienone is 4. The van der Waals surface area contributed by atoms with E-state index in [2.05, 4.69) is 27.0 Å². The van der Waals surface area contributed by atoms with E-state index in [9.17, 15) is 0 Å². The van der Waals surface area contributed by atoms with Gasteiger partial charge in [0, 0.05) is 10.1 Å². The highest BCUT2D eigenvalue weighted by atomic mass is 35.5. The average molecular weight is 205 g/mol. The van der Waals surface area contributed by atoms with Crippen LogP contribution in [0.25, 0.3) is 0 Å². The minimum atomic E-state index is 0.508. The molecule has 0 unspecified atom stereocenters. The van der Waals surface area contributed by atoms with Crippen LogP contribution in [0.5, 0.6) is 0 Å². The largest absolute Gasteiger partial charge is 0.0976 e. The highest BCUT2D eigenvalue weighted by Gasteiger charge is 2.07. The Morgan fingerprint density at radius 1 is 1.42 bits per heavy atom. The average Bonchev–Trinajstić information content (AvgIpc) is 1.98. The van der Waals surface area contributed by atoms with Gasteiger partial charge in [-0.15, -0.1) is 0 Å². The predicted octanol–water partition coefficient (Wildman–Crippen LogP) is 4.46. The summed E-state index contributed by atoms with van der Waals surface area (Å²) in [6, 6.07) is 0. The van der Waals surface area contributed by atoms with Crippen molar-refractivity contribution in [2.75, 3.05) is 0 Å². The Bertz CT molecular complexity index is 212. The molecule has 0 nitrogen and oxygen atoms in total. The second kappa shape index (κ2) is 5.45. The Morgan fingerprint density at radius 3 is 2.17 bits per heavy atom. The van der Waals surface area contributed by atoms with Crippen LogP contribution in [-0.2, 0) is 0 Å². The predicted molar refractivity (Wildman–Crippen MR) is 57.5 cm³/mol. The van der Waals surface area contributed by atoms with Crippen molar-refractivity contribution in [3.05, 3.63) is 34.9 Å². The third kappa shape index (κ3) is 3.99. The summed E-state index contributed by atoms with van der Waals surface area (Å²) in [5.41, 5.74) is 0.892. The maximum atomic E-state index is 5.89. The lowest BCUT2D eigenvalue weighted by atomic mass is 10.0. The topological polar surface area (TPSA) is 0 Å². The summed E-state index contributed by atoms with van der Waals surface area (Å²) in [4.78, 5) is 0. The lowest BCUT2D eigenvalue weighted by molar-refractivity contribution is 0.648. The van der Waals surface area contributed by atoms with Gasteiger partial charge in [0.2, 0.25) is 0 Å². The van der Waals surface area contributed by atoms with Crippen molar-refractivity contribution in [2.24, 2.45) is 5.92 Å². The molecule has 0 heterocycles. The van der Waals surface area contributed by atoms with Crippen molar-refractivity contribution in [1.29, 1.82) is 0 Å². The number of halogens is 2. The Kier molecular flexibility index (Phi) is 5.36. The Hall–Kier alpha value is -0.200. The zero-order valence-electron chi connectivity index (χ0n) is 7.53. The third-order valence-corrected chi connectivity index (χ3v) is 2.02. The zero-order valence-corrected chi connectivity index (χ0v) is 9.04. The van der Waals surface area contributed by atoms with Crippen molar-refractivity contribution in [1.82, 2.24) is 0 Å². The van der Waals surface area contributed by atoms with E-state index >= 15 is 0 Å². The highest BCUT2D eigenvalue weighted by molar-refractivity contribution is 6.36. The van der Waals surface area contributed by atoms with Crippen LogP contribution in [-0.4, -0.2) is 0 Å². The van der Waals surface area contributed by atoms with E-state index in [4.69, 9.17) is 23.2 Å². The van der Waals surface area contributed by atoms with Gasteiger partial charge in [-0.1, -0.05) is 56.3 Å². The summed E-state index contributed by atoms with van der Waals surface area (Å²) in [6.07, 6.45) is 2.43. The molecule has 0 aromatic rings. The highest BCUT2D eigenvalue weighted by Crippen LogP contribution is 2.26. The van der Waals surface area contributed by atoms with Crippen molar-refractivity contribution >= 4 is 23.2 Å². The van der Waals surface area contributed by atoms with Gasteiger partial charge in [-0.25, -0.2) is 0 Å². The molecule has 68 valence electrons. The molecule has 0 bridgehead atoms. The summed E-state index contributed by atoms with van der Waals surface area (Å²) in [5, 5.41) is 1.11. The van der Waals surface area contributed by atoms with E-state index < -0.39 is 0 Å². The van der Waals surface area contributed by atoms with Crippen LogP contribution in [0.15, 0.2) is 34.9 Å². The number of hydrogen-bond acceptors (Lipinski definition) is 0. The fourth-order valence-corrected chi connectivity index (χ4v) is 1.29. The molecule has 12 heavy (non-hydrogen) atoms. The third-order valence-electron chi connectivity index (χ3n) is 1.41. The van der Waals surface area contributed by atoms with Crippen molar-refractivity contribution in [3.8, 4) is 0 Å². The molecule has 0 fully saturated rings. The Labute approximate surface area is 84.6 Å². The molecule has 0 aliphatic rings. The normalized spacial score (nSPS) is 12.8. The van der Waals surface area contributed by atoms with Gasteiger partial charge < -0.3 is 0 Å². The molecule has 0 aromatic heterocycles. The van der Waals surface area contributed by atoms with Crippen LogP contribution in [0.3, 0.4) is 0 Å². The van der Waals surface area contributed by atoms with E-state index in [0.717, 1.165) is 12.0 Å². The molecule has 0 aromatic carbocycles. The fourth-order valence-electron chi connectivity index (χ4n) is 0.869. The second-order valence-electron chi connectivity index (χ2n) is 3.03. The van der Waals surface area contributed by atoms with Gasteiger partial charge in [0.25, 0.3) is 0 Å². The molecule has 0 amide bonds. The molecule has 0 atom stereocenters. The molecule has 0 saturated carbocycles. The minimum Gasteiger partial charge on any atom is -0.0976 e. The van der Waals surface area contributed by atoms with Gasteiger partial charge in [-0.2, -0.15) is 0 Å². The molecule has 0 N–H and O–H groups in total. The smallest absolute Gasteiger partial charge is 0.0446 e. The molecule has 0 aliphatic heterocycles. The SMILES string of the molecule is C=C/C(Cl)=C(/CC(C)C)C(=C)Cl. The van der Waals surface area contributed by atoms with Gasteiger partial charge in [-0.3, -0.25) is 0 Å². The van der Waals surface area contributed by atoms with Gasteiger partial charge in [0.05, 0.1) is 0 Å². The first-order valence-corrected chi connectivity index (χ1v) is 4.60. The molecule has 0 radical (unpaired) electrons. The Morgan fingerprint density at radius 2 is 1.92 bits per heavy atom. The maximum absolute atomic E-state index is 5.89. The first kappa shape index (κ1) is 11.8. The van der Waals surface area contributed by atoms with Crippen molar-refractivity contribution in [3.63, 3.8) is 0 Å². The first-order chi connectivity index (χ1) is 5.49. The molecule has 0 spiro atoms. The van der Waals surface area contributed by atoms with Crippen LogP contribution in [0, 0.1) is 5.92 Å². The number of hydrogen-bond donors (Lipinski definition) is 0. The molecule has 0 saturated heterocycles. The lowest BCUT2D eigenvalue weighted by Gasteiger charge is -2.09. The molecule has 2 heteroatoms. The molecule has 0 aliphatic carbocycles. The summed E-state index contributed by atoms with van der Waals surface area (Å²) in [7, 11) is 0.